The number of aryl methyl sites for hydroxylation is 1. The predicted molar refractivity (Wildman–Crippen MR) is 109 cm³/mol. The smallest absolute Gasteiger partial charge is 0.277 e. The highest BCUT2D eigenvalue weighted by molar-refractivity contribution is 7.89. The molecule has 1 aliphatic heterocycles. The van der Waals surface area contributed by atoms with Crippen LogP contribution in [0.2, 0.25) is 0 Å². The summed E-state index contributed by atoms with van der Waals surface area (Å²) < 4.78 is 31.5. The maximum Gasteiger partial charge on any atom is 0.277 e. The van der Waals surface area contributed by atoms with Gasteiger partial charge in [-0.3, -0.25) is 9.78 Å². The van der Waals surface area contributed by atoms with E-state index in [1.54, 1.807) is 37.5 Å². The molecule has 0 atom stereocenters. The molecule has 10 nitrogen and oxygen atoms in total. The lowest BCUT2D eigenvalue weighted by Crippen LogP contribution is -2.49. The molecule has 30 heavy (non-hydrogen) atoms. The maximum absolute atomic E-state index is 12.6. The fourth-order valence-corrected chi connectivity index (χ4v) is 4.47. The second-order valence-electron chi connectivity index (χ2n) is 6.68. The summed E-state index contributed by atoms with van der Waals surface area (Å²) >= 11 is 0. The molecule has 1 aliphatic rings. The molecule has 156 valence electrons. The molecule has 0 aliphatic carbocycles. The van der Waals surface area contributed by atoms with E-state index in [1.807, 2.05) is 4.90 Å². The van der Waals surface area contributed by atoms with E-state index in [0.717, 1.165) is 0 Å². The van der Waals surface area contributed by atoms with Crippen molar-refractivity contribution in [2.45, 2.75) is 11.8 Å². The quantitative estimate of drug-likeness (QED) is 0.649. The Morgan fingerprint density at radius 2 is 1.93 bits per heavy atom. The number of carbonyl (C=O) groups is 1. The van der Waals surface area contributed by atoms with E-state index in [-0.39, 0.29) is 10.6 Å². The molecule has 0 radical (unpaired) electrons. The van der Waals surface area contributed by atoms with E-state index in [0.29, 0.717) is 43.5 Å². The van der Waals surface area contributed by atoms with E-state index < -0.39 is 15.9 Å². The SMILES string of the molecule is Cc1ncc(N2CCN(S(=O)(=O)c3ccoc3)CC2)nc1C(=O)Nc1ccccn1. The van der Waals surface area contributed by atoms with Gasteiger partial charge in [-0.15, -0.1) is 0 Å². The topological polar surface area (TPSA) is 122 Å². The van der Waals surface area contributed by atoms with Gasteiger partial charge in [-0.05, 0) is 25.1 Å². The van der Waals surface area contributed by atoms with Crippen LogP contribution in [0.5, 0.6) is 0 Å². The Kier molecular flexibility index (Phi) is 5.46. The first-order valence-corrected chi connectivity index (χ1v) is 10.7. The number of hydrogen-bond acceptors (Lipinski definition) is 8. The summed E-state index contributed by atoms with van der Waals surface area (Å²) in [5, 5.41) is 2.70. The number of anilines is 2. The van der Waals surface area contributed by atoms with Crippen molar-refractivity contribution in [2.24, 2.45) is 0 Å². The van der Waals surface area contributed by atoms with Crippen LogP contribution in [0.1, 0.15) is 16.2 Å². The van der Waals surface area contributed by atoms with Gasteiger partial charge in [0.1, 0.15) is 22.8 Å². The Morgan fingerprint density at radius 3 is 2.60 bits per heavy atom. The first-order valence-electron chi connectivity index (χ1n) is 9.28. The van der Waals surface area contributed by atoms with Gasteiger partial charge in [-0.2, -0.15) is 4.31 Å². The number of piperazine rings is 1. The van der Waals surface area contributed by atoms with Crippen LogP contribution in [0.25, 0.3) is 0 Å². The minimum absolute atomic E-state index is 0.138. The minimum Gasteiger partial charge on any atom is -0.471 e. The fourth-order valence-electron chi connectivity index (χ4n) is 3.13. The zero-order valence-electron chi connectivity index (χ0n) is 16.2. The molecule has 3 aromatic heterocycles. The van der Waals surface area contributed by atoms with Gasteiger partial charge < -0.3 is 14.6 Å². The third kappa shape index (κ3) is 4.02. The number of amides is 1. The van der Waals surface area contributed by atoms with E-state index >= 15 is 0 Å². The van der Waals surface area contributed by atoms with Crippen LogP contribution in [0.3, 0.4) is 0 Å². The van der Waals surface area contributed by atoms with Crippen LogP contribution >= 0.6 is 0 Å². The van der Waals surface area contributed by atoms with Gasteiger partial charge in [0, 0.05) is 32.4 Å². The molecule has 0 aromatic carbocycles. The lowest BCUT2D eigenvalue weighted by atomic mass is 10.3. The van der Waals surface area contributed by atoms with Crippen molar-refractivity contribution < 1.29 is 17.6 Å². The molecular weight excluding hydrogens is 408 g/mol. The van der Waals surface area contributed by atoms with Gasteiger partial charge in [0.15, 0.2) is 5.69 Å². The Morgan fingerprint density at radius 1 is 1.13 bits per heavy atom. The number of sulfonamides is 1. The summed E-state index contributed by atoms with van der Waals surface area (Å²) in [6.45, 7) is 3.14. The average Bonchev–Trinajstić information content (AvgIpc) is 3.31. The van der Waals surface area contributed by atoms with Gasteiger partial charge in [0.25, 0.3) is 5.91 Å². The van der Waals surface area contributed by atoms with Crippen molar-refractivity contribution in [1.29, 1.82) is 0 Å². The van der Waals surface area contributed by atoms with E-state index in [1.165, 1.54) is 22.9 Å². The molecule has 0 saturated carbocycles. The molecule has 0 unspecified atom stereocenters. The fraction of sp³-hybridized carbons (Fsp3) is 0.263. The highest BCUT2D eigenvalue weighted by Crippen LogP contribution is 2.21. The summed E-state index contributed by atoms with van der Waals surface area (Å²) in [6.07, 6.45) is 5.73. The van der Waals surface area contributed by atoms with E-state index in [4.69, 9.17) is 4.42 Å². The summed E-state index contributed by atoms with van der Waals surface area (Å²) in [5.41, 5.74) is 0.694. The largest absolute Gasteiger partial charge is 0.471 e. The minimum atomic E-state index is -3.58. The number of aromatic nitrogens is 3. The number of hydrogen-bond donors (Lipinski definition) is 1. The number of rotatable bonds is 5. The van der Waals surface area contributed by atoms with Crippen LogP contribution in [-0.2, 0) is 10.0 Å². The monoisotopic (exact) mass is 428 g/mol. The van der Waals surface area contributed by atoms with E-state index in [2.05, 4.69) is 20.3 Å². The van der Waals surface area contributed by atoms with Crippen LogP contribution in [0.15, 0.2) is 58.5 Å². The van der Waals surface area contributed by atoms with Gasteiger partial charge in [-0.25, -0.2) is 18.4 Å². The Balaban J connectivity index is 1.47. The summed E-state index contributed by atoms with van der Waals surface area (Å²) in [4.78, 5) is 27.5. The summed E-state index contributed by atoms with van der Waals surface area (Å²) in [7, 11) is -3.58. The van der Waals surface area contributed by atoms with Crippen molar-refractivity contribution in [3.63, 3.8) is 0 Å². The highest BCUT2D eigenvalue weighted by atomic mass is 32.2. The maximum atomic E-state index is 12.6. The average molecular weight is 428 g/mol. The number of nitrogens with one attached hydrogen (secondary N) is 1. The summed E-state index contributed by atoms with van der Waals surface area (Å²) in [6, 6.07) is 6.65. The second-order valence-corrected chi connectivity index (χ2v) is 8.62. The van der Waals surface area contributed by atoms with Crippen molar-refractivity contribution in [2.75, 3.05) is 36.4 Å². The van der Waals surface area contributed by atoms with Gasteiger partial charge in [-0.1, -0.05) is 6.07 Å². The molecule has 1 saturated heterocycles. The Labute approximate surface area is 173 Å². The Hall–Kier alpha value is -3.31. The van der Waals surface area contributed by atoms with Crippen LogP contribution < -0.4 is 10.2 Å². The van der Waals surface area contributed by atoms with Crippen LogP contribution in [-0.4, -0.2) is 59.8 Å². The lowest BCUT2D eigenvalue weighted by Gasteiger charge is -2.34. The van der Waals surface area contributed by atoms with Gasteiger partial charge >= 0.3 is 0 Å². The number of carbonyl (C=O) groups excluding carboxylic acids is 1. The van der Waals surface area contributed by atoms with Gasteiger partial charge in [0.2, 0.25) is 10.0 Å². The van der Waals surface area contributed by atoms with Crippen molar-refractivity contribution in [3.05, 3.63) is 60.6 Å². The van der Waals surface area contributed by atoms with Crippen molar-refractivity contribution in [1.82, 2.24) is 19.3 Å². The molecule has 1 fully saturated rings. The second kappa shape index (κ2) is 8.20. The first-order chi connectivity index (χ1) is 14.4. The molecule has 1 N–H and O–H groups in total. The molecule has 3 aromatic rings. The van der Waals surface area contributed by atoms with E-state index in [9.17, 15) is 13.2 Å². The first kappa shape index (κ1) is 20.0. The zero-order valence-corrected chi connectivity index (χ0v) is 17.0. The standard InChI is InChI=1S/C19H20N6O4S/c1-14-18(19(26)22-16-4-2-3-6-20-16)23-17(12-21-14)24-7-9-25(10-8-24)30(27,28)15-5-11-29-13-15/h2-6,11-13H,7-10H2,1H3,(H,20,22,26). The summed E-state index contributed by atoms with van der Waals surface area (Å²) in [5.74, 6) is 0.543. The number of nitrogens with zero attached hydrogens (tertiary/aromatic N) is 5. The molecule has 4 rings (SSSR count). The third-order valence-electron chi connectivity index (χ3n) is 4.76. The van der Waals surface area contributed by atoms with Crippen molar-refractivity contribution in [3.8, 4) is 0 Å². The molecule has 11 heteroatoms. The predicted octanol–water partition coefficient (Wildman–Crippen LogP) is 1.54. The lowest BCUT2D eigenvalue weighted by molar-refractivity contribution is 0.102. The Bertz CT molecular complexity index is 1130. The molecule has 0 spiro atoms. The molecule has 1 amide bonds. The van der Waals surface area contributed by atoms with Crippen LogP contribution in [0.4, 0.5) is 11.6 Å². The third-order valence-corrected chi connectivity index (χ3v) is 6.63. The van der Waals surface area contributed by atoms with Gasteiger partial charge in [0.05, 0.1) is 18.2 Å². The molecule has 4 heterocycles. The molecule has 0 bridgehead atoms. The molecular formula is C19H20N6O4S. The zero-order chi connectivity index (χ0) is 21.1. The number of furan rings is 1. The number of pyridine rings is 1. The normalized spacial score (nSPS) is 15.2. The van der Waals surface area contributed by atoms with Crippen LogP contribution in [0, 0.1) is 6.92 Å². The van der Waals surface area contributed by atoms with Crippen molar-refractivity contribution >= 4 is 27.6 Å². The highest BCUT2D eigenvalue weighted by Gasteiger charge is 2.30.